The molecule has 110 valence electrons. The van der Waals surface area contributed by atoms with E-state index in [1.54, 1.807) is 7.11 Å². The molecule has 0 bridgehead atoms. The fourth-order valence-corrected chi connectivity index (χ4v) is 3.78. The van der Waals surface area contributed by atoms with Crippen LogP contribution >= 0.6 is 0 Å². The fourth-order valence-electron chi connectivity index (χ4n) is 1.99. The second-order valence-corrected chi connectivity index (χ2v) is 8.61. The third-order valence-corrected chi connectivity index (χ3v) is 6.35. The van der Waals surface area contributed by atoms with E-state index in [0.717, 1.165) is 19.0 Å². The smallest absolute Gasteiger partial charge is 0.335 e. The third-order valence-electron chi connectivity index (χ3n) is 3.32. The molecule has 0 spiro atoms. The van der Waals surface area contributed by atoms with Gasteiger partial charge in [-0.25, -0.2) is 0 Å². The summed E-state index contributed by atoms with van der Waals surface area (Å²) in [4.78, 5) is 0. The topological polar surface area (TPSA) is 30.5 Å². The number of nitrogens with one attached hydrogen (secondary N) is 1. The lowest BCUT2D eigenvalue weighted by Gasteiger charge is -2.24. The molecular weight excluding hydrogens is 242 g/mol. The molecule has 0 rings (SSSR count). The molecular formula is C14H33NO2Si. The number of rotatable bonds is 13. The van der Waals surface area contributed by atoms with E-state index in [0.29, 0.717) is 6.73 Å². The second kappa shape index (κ2) is 12.1. The van der Waals surface area contributed by atoms with Crippen molar-refractivity contribution in [1.29, 1.82) is 0 Å². The molecule has 1 unspecified atom stereocenters. The molecule has 0 saturated carbocycles. The summed E-state index contributed by atoms with van der Waals surface area (Å²) in [6, 6.07) is 1.07. The molecule has 0 aromatic heterocycles. The third kappa shape index (κ3) is 10.1. The molecule has 1 atom stereocenters. The van der Waals surface area contributed by atoms with E-state index in [-0.39, 0.29) is 0 Å². The minimum atomic E-state index is -1.87. The molecule has 1 N–H and O–H groups in total. The highest BCUT2D eigenvalue weighted by atomic mass is 28.4. The molecule has 3 nitrogen and oxygen atoms in total. The molecule has 0 heterocycles. The predicted molar refractivity (Wildman–Crippen MR) is 81.1 cm³/mol. The van der Waals surface area contributed by atoms with Crippen LogP contribution in [0.5, 0.6) is 0 Å². The molecule has 0 radical (unpaired) electrons. The number of unbranched alkanes of at least 4 members (excludes halogenated alkanes) is 5. The zero-order chi connectivity index (χ0) is 13.7. The summed E-state index contributed by atoms with van der Waals surface area (Å²) in [5.74, 6) is 0. The van der Waals surface area contributed by atoms with Crippen LogP contribution in [0.4, 0.5) is 0 Å². The first-order chi connectivity index (χ1) is 8.68. The van der Waals surface area contributed by atoms with Gasteiger partial charge >= 0.3 is 8.56 Å². The standard InChI is InChI=1S/C14H33NO2Si/c1-5-7-8-9-10-11-12-15-14-17-18(4,16-3)13-6-2/h15H,5-14H2,1-4H3. The molecule has 0 aromatic carbocycles. The fraction of sp³-hybridized carbons (Fsp3) is 1.00. The minimum absolute atomic E-state index is 0.644. The van der Waals surface area contributed by atoms with Crippen LogP contribution in [0.3, 0.4) is 0 Å². The summed E-state index contributed by atoms with van der Waals surface area (Å²) in [6.45, 7) is 8.28. The van der Waals surface area contributed by atoms with Crippen LogP contribution in [0.2, 0.25) is 12.6 Å². The first-order valence-electron chi connectivity index (χ1n) is 7.58. The highest BCUT2D eigenvalue weighted by molar-refractivity contribution is 6.65. The zero-order valence-electron chi connectivity index (χ0n) is 12.9. The summed E-state index contributed by atoms with van der Waals surface area (Å²) >= 11 is 0. The molecule has 0 aliphatic heterocycles. The maximum absolute atomic E-state index is 5.87. The van der Waals surface area contributed by atoms with Crippen LogP contribution in [-0.2, 0) is 8.85 Å². The van der Waals surface area contributed by atoms with Crippen LogP contribution < -0.4 is 5.32 Å². The highest BCUT2D eigenvalue weighted by Crippen LogP contribution is 2.13. The van der Waals surface area contributed by atoms with Crippen molar-refractivity contribution in [3.05, 3.63) is 0 Å². The van der Waals surface area contributed by atoms with Crippen LogP contribution in [0.15, 0.2) is 0 Å². The molecule has 0 amide bonds. The predicted octanol–water partition coefficient (Wildman–Crippen LogP) is 4.04. The van der Waals surface area contributed by atoms with Gasteiger partial charge in [-0.2, -0.15) is 0 Å². The molecule has 4 heteroatoms. The van der Waals surface area contributed by atoms with Gasteiger partial charge in [-0.3, -0.25) is 5.32 Å². The summed E-state index contributed by atoms with van der Waals surface area (Å²) in [6.07, 6.45) is 9.19. The van der Waals surface area contributed by atoms with Crippen molar-refractivity contribution >= 4 is 8.56 Å². The van der Waals surface area contributed by atoms with Gasteiger partial charge in [0.05, 0.1) is 6.73 Å². The van der Waals surface area contributed by atoms with Gasteiger partial charge in [-0.15, -0.1) is 0 Å². The first-order valence-corrected chi connectivity index (χ1v) is 10.1. The van der Waals surface area contributed by atoms with Crippen molar-refractivity contribution in [2.24, 2.45) is 0 Å². The van der Waals surface area contributed by atoms with Crippen molar-refractivity contribution in [1.82, 2.24) is 5.32 Å². The van der Waals surface area contributed by atoms with Crippen LogP contribution in [0, 0.1) is 0 Å². The average Bonchev–Trinajstić information content (AvgIpc) is 2.37. The Kier molecular flexibility index (Phi) is 12.2. The second-order valence-electron chi connectivity index (χ2n) is 5.14. The summed E-state index contributed by atoms with van der Waals surface area (Å²) in [5, 5.41) is 3.36. The van der Waals surface area contributed by atoms with Crippen molar-refractivity contribution in [2.75, 3.05) is 20.4 Å². The Morgan fingerprint density at radius 1 is 0.944 bits per heavy atom. The van der Waals surface area contributed by atoms with Crippen molar-refractivity contribution in [3.8, 4) is 0 Å². The monoisotopic (exact) mass is 275 g/mol. The van der Waals surface area contributed by atoms with Gasteiger partial charge in [0.15, 0.2) is 0 Å². The quantitative estimate of drug-likeness (QED) is 0.313. The minimum Gasteiger partial charge on any atom is -0.398 e. The van der Waals surface area contributed by atoms with E-state index in [1.165, 1.54) is 38.5 Å². The maximum atomic E-state index is 5.87. The van der Waals surface area contributed by atoms with Crippen LogP contribution in [0.25, 0.3) is 0 Å². The van der Waals surface area contributed by atoms with Crippen molar-refractivity contribution in [2.45, 2.75) is 71.4 Å². The Balaban J connectivity index is 3.33. The zero-order valence-corrected chi connectivity index (χ0v) is 13.9. The van der Waals surface area contributed by atoms with Gasteiger partial charge in [0.2, 0.25) is 0 Å². The largest absolute Gasteiger partial charge is 0.398 e. The number of hydrogen-bond donors (Lipinski definition) is 1. The van der Waals surface area contributed by atoms with Gasteiger partial charge < -0.3 is 8.85 Å². The molecule has 0 aromatic rings. The Labute approximate surface area is 115 Å². The lowest BCUT2D eigenvalue weighted by molar-refractivity contribution is 0.187. The molecule has 0 saturated heterocycles. The van der Waals surface area contributed by atoms with Crippen LogP contribution in [-0.4, -0.2) is 28.9 Å². The van der Waals surface area contributed by atoms with E-state index in [2.05, 4.69) is 25.7 Å². The molecule has 18 heavy (non-hydrogen) atoms. The normalized spacial score (nSPS) is 14.7. The summed E-state index contributed by atoms with van der Waals surface area (Å²) in [7, 11) is -0.0986. The van der Waals surface area contributed by atoms with E-state index < -0.39 is 8.56 Å². The van der Waals surface area contributed by atoms with Crippen molar-refractivity contribution < 1.29 is 8.85 Å². The van der Waals surface area contributed by atoms with E-state index in [1.807, 2.05) is 0 Å². The van der Waals surface area contributed by atoms with E-state index in [9.17, 15) is 0 Å². The summed E-state index contributed by atoms with van der Waals surface area (Å²) < 4.78 is 11.4. The van der Waals surface area contributed by atoms with E-state index in [4.69, 9.17) is 8.85 Å². The van der Waals surface area contributed by atoms with Gasteiger partial charge in [-0.1, -0.05) is 52.4 Å². The highest BCUT2D eigenvalue weighted by Gasteiger charge is 2.28. The Morgan fingerprint density at radius 3 is 2.22 bits per heavy atom. The van der Waals surface area contributed by atoms with Gasteiger partial charge in [0.25, 0.3) is 0 Å². The summed E-state index contributed by atoms with van der Waals surface area (Å²) in [5.41, 5.74) is 0. The van der Waals surface area contributed by atoms with Gasteiger partial charge in [0.1, 0.15) is 0 Å². The van der Waals surface area contributed by atoms with Gasteiger partial charge in [0, 0.05) is 7.11 Å². The Bertz CT molecular complexity index is 181. The van der Waals surface area contributed by atoms with Crippen molar-refractivity contribution in [3.63, 3.8) is 0 Å². The SMILES string of the molecule is CCCCCCCCNCO[Si](C)(CCC)OC. The average molecular weight is 276 g/mol. The van der Waals surface area contributed by atoms with Gasteiger partial charge in [-0.05, 0) is 25.6 Å². The Hall–Kier alpha value is 0.0969. The lowest BCUT2D eigenvalue weighted by Crippen LogP contribution is -2.40. The molecule has 0 aliphatic carbocycles. The first kappa shape index (κ1) is 18.1. The maximum Gasteiger partial charge on any atom is 0.335 e. The molecule has 0 aliphatic rings. The van der Waals surface area contributed by atoms with Crippen LogP contribution in [0.1, 0.15) is 58.8 Å². The lowest BCUT2D eigenvalue weighted by atomic mass is 10.1. The Morgan fingerprint density at radius 2 is 1.61 bits per heavy atom. The molecule has 0 fully saturated rings. The number of hydrogen-bond acceptors (Lipinski definition) is 3. The van der Waals surface area contributed by atoms with E-state index >= 15 is 0 Å².